The molecule has 4 amide bonds. The molecule has 0 spiro atoms. The van der Waals surface area contributed by atoms with E-state index in [2.05, 4.69) is 58.0 Å². The van der Waals surface area contributed by atoms with Gasteiger partial charge in [0.2, 0.25) is 11.8 Å². The van der Waals surface area contributed by atoms with Crippen molar-refractivity contribution >= 4 is 65.5 Å². The monoisotopic (exact) mass is 840 g/mol. The molecule has 0 aliphatic carbocycles. The molecule has 14 nitrogen and oxygen atoms in total. The Labute approximate surface area is 349 Å². The Morgan fingerprint density at radius 3 is 2.00 bits per heavy atom. The van der Waals surface area contributed by atoms with E-state index in [9.17, 15) is 19.2 Å². The lowest BCUT2D eigenvalue weighted by atomic mass is 9.99. The van der Waals surface area contributed by atoms with Gasteiger partial charge in [-0.05, 0) is 59.4 Å². The van der Waals surface area contributed by atoms with Crippen LogP contribution >= 0.6 is 11.6 Å². The molecule has 7 rings (SSSR count). The lowest BCUT2D eigenvalue weighted by molar-refractivity contribution is -0.136. The van der Waals surface area contributed by atoms with E-state index >= 15 is 0 Å². The highest BCUT2D eigenvalue weighted by atomic mass is 35.5. The second-order valence-electron chi connectivity index (χ2n) is 17.1. The number of likely N-dealkylation sites (tertiary alicyclic amines) is 1. The summed E-state index contributed by atoms with van der Waals surface area (Å²) in [4.78, 5) is 72.2. The van der Waals surface area contributed by atoms with Crippen LogP contribution in [0.3, 0.4) is 0 Å². The van der Waals surface area contributed by atoms with Crippen molar-refractivity contribution in [1.82, 2.24) is 40.4 Å². The number of carbonyl (C=O) groups excluding carboxylic acids is 4. The summed E-state index contributed by atoms with van der Waals surface area (Å²) in [5.41, 5.74) is 5.23. The molecule has 0 unspecified atom stereocenters. The quantitative estimate of drug-likeness (QED) is 0.102. The first-order valence-corrected chi connectivity index (χ1v) is 24.0. The first-order chi connectivity index (χ1) is 28.1. The number of alkyl carbamates (subject to hydrolysis) is 2. The third kappa shape index (κ3) is 8.40. The van der Waals surface area contributed by atoms with Gasteiger partial charge < -0.3 is 39.9 Å². The van der Waals surface area contributed by atoms with Gasteiger partial charge in [0.15, 0.2) is 0 Å². The van der Waals surface area contributed by atoms with Gasteiger partial charge in [0, 0.05) is 23.7 Å². The predicted molar refractivity (Wildman–Crippen MR) is 230 cm³/mol. The van der Waals surface area contributed by atoms with E-state index < -0.39 is 32.3 Å². The second kappa shape index (κ2) is 16.7. The molecule has 2 saturated heterocycles. The number of aromatic nitrogens is 4. The maximum absolute atomic E-state index is 13.9. The van der Waals surface area contributed by atoms with Crippen molar-refractivity contribution in [3.8, 4) is 22.4 Å². The van der Waals surface area contributed by atoms with Crippen LogP contribution in [0.25, 0.3) is 44.2 Å². The fraction of sp³-hybridized carbons (Fsp3) is 0.442. The SMILES string of the molecule is COC(=O)N[C@H](C(=O)N1C[Si](C)(C)C[C@H]1c1nc(-c2ccc(-c3ccc4c(ccc5[nH]c([C@@H]6CCCN6C(=O)[C@@H](NC(=O)OC)C(C)C)nc54)c3)cc2)c(Cl)[nH]1)C(C)C. The Hall–Kier alpha value is -5.41. The van der Waals surface area contributed by atoms with Crippen LogP contribution in [0.15, 0.2) is 54.6 Å². The van der Waals surface area contributed by atoms with Gasteiger partial charge in [0.25, 0.3) is 0 Å². The second-order valence-corrected chi connectivity index (χ2v) is 22.6. The molecule has 2 aliphatic heterocycles. The molecule has 2 fully saturated rings. The number of methoxy groups -OCH3 is 2. The van der Waals surface area contributed by atoms with Gasteiger partial charge in [-0.15, -0.1) is 0 Å². The first kappa shape index (κ1) is 41.7. The smallest absolute Gasteiger partial charge is 0.407 e. The fourth-order valence-corrected chi connectivity index (χ4v) is 11.6. The van der Waals surface area contributed by atoms with E-state index in [1.54, 1.807) is 0 Å². The number of H-pyrrole nitrogens is 2. The van der Waals surface area contributed by atoms with Crippen LogP contribution in [-0.4, -0.2) is 101 Å². The van der Waals surface area contributed by atoms with Gasteiger partial charge in [-0.25, -0.2) is 19.6 Å². The zero-order valence-corrected chi connectivity index (χ0v) is 36.6. The standard InChI is InChI=1S/C43H53ClN8O6Si/c1-23(2)33(48-42(55)57-5)40(53)51-19-9-10-31(51)38-45-30-18-16-28-20-27(15-17-29(28)36(30)47-38)25-11-13-26(14-12-25)35-37(44)50-39(46-35)32-21-59(7,8)22-52(32)41(54)34(24(3)4)49-43(56)58-6/h11-18,20,23-24,31-34H,9-10,19,21-22H2,1-8H3,(H,45,47)(H,46,50)(H,48,55)(H,49,56)/t31-,32-,33-,34-/m0/s1. The molecule has 4 N–H and O–H groups in total. The molecule has 16 heteroatoms. The number of ether oxygens (including phenoxy) is 2. The van der Waals surface area contributed by atoms with Crippen LogP contribution in [0.1, 0.15) is 64.3 Å². The third-order valence-corrected chi connectivity index (χ3v) is 14.6. The molecule has 0 bridgehead atoms. The molecule has 5 aromatic rings. The van der Waals surface area contributed by atoms with Gasteiger partial charge in [-0.1, -0.05) is 94.9 Å². The predicted octanol–water partition coefficient (Wildman–Crippen LogP) is 7.98. The van der Waals surface area contributed by atoms with Crippen molar-refractivity contribution in [2.24, 2.45) is 11.8 Å². The molecule has 4 heterocycles. The fourth-order valence-electron chi connectivity index (χ4n) is 8.51. The summed E-state index contributed by atoms with van der Waals surface area (Å²) in [6.45, 7) is 12.7. The first-order valence-electron chi connectivity index (χ1n) is 20.2. The highest BCUT2D eigenvalue weighted by Gasteiger charge is 2.46. The molecule has 0 saturated carbocycles. The number of hydrogen-bond donors (Lipinski definition) is 4. The Morgan fingerprint density at radius 2 is 1.37 bits per heavy atom. The van der Waals surface area contributed by atoms with Crippen molar-refractivity contribution in [3.05, 3.63) is 71.4 Å². The molecule has 3 aromatic carbocycles. The number of aromatic amines is 2. The van der Waals surface area contributed by atoms with E-state index in [4.69, 9.17) is 31.0 Å². The van der Waals surface area contributed by atoms with Crippen LogP contribution in [0.2, 0.25) is 24.3 Å². The van der Waals surface area contributed by atoms with E-state index in [-0.39, 0.29) is 35.7 Å². The third-order valence-electron chi connectivity index (χ3n) is 11.6. The van der Waals surface area contributed by atoms with Crippen LogP contribution in [0.4, 0.5) is 9.59 Å². The number of fused-ring (bicyclic) bond motifs is 3. The number of hydrogen-bond acceptors (Lipinski definition) is 8. The number of halogens is 1. The average molecular weight is 841 g/mol. The highest BCUT2D eigenvalue weighted by Crippen LogP contribution is 2.40. The van der Waals surface area contributed by atoms with E-state index in [1.807, 2.05) is 67.8 Å². The number of nitrogens with zero attached hydrogens (tertiary/aromatic N) is 4. The van der Waals surface area contributed by atoms with Crippen molar-refractivity contribution < 1.29 is 28.7 Å². The maximum atomic E-state index is 13.9. The van der Waals surface area contributed by atoms with Gasteiger partial charge in [0.05, 0.1) is 45.4 Å². The topological polar surface area (TPSA) is 175 Å². The summed E-state index contributed by atoms with van der Waals surface area (Å²) in [5, 5.41) is 7.86. The summed E-state index contributed by atoms with van der Waals surface area (Å²) in [6.07, 6.45) is 0.976. The van der Waals surface area contributed by atoms with Crippen molar-refractivity contribution in [1.29, 1.82) is 0 Å². The number of nitrogens with one attached hydrogen (secondary N) is 4. The summed E-state index contributed by atoms with van der Waals surface area (Å²) >= 11 is 6.81. The minimum Gasteiger partial charge on any atom is -0.453 e. The lowest BCUT2D eigenvalue weighted by Gasteiger charge is -2.30. The molecule has 4 atom stereocenters. The number of imidazole rings is 2. The molecular weight excluding hydrogens is 788 g/mol. The van der Waals surface area contributed by atoms with E-state index in [0.29, 0.717) is 29.4 Å². The van der Waals surface area contributed by atoms with Crippen LogP contribution in [0.5, 0.6) is 0 Å². The summed E-state index contributed by atoms with van der Waals surface area (Å²) < 4.78 is 9.59. The molecule has 0 radical (unpaired) electrons. The van der Waals surface area contributed by atoms with Crippen LogP contribution in [0, 0.1) is 11.8 Å². The van der Waals surface area contributed by atoms with Crippen LogP contribution < -0.4 is 10.6 Å². The number of rotatable bonds is 10. The summed E-state index contributed by atoms with van der Waals surface area (Å²) in [7, 11) is 0.768. The molecular formula is C43H53ClN8O6Si. The van der Waals surface area contributed by atoms with Gasteiger partial charge in [-0.3, -0.25) is 9.59 Å². The van der Waals surface area contributed by atoms with Crippen LogP contribution in [-0.2, 0) is 19.1 Å². The van der Waals surface area contributed by atoms with Gasteiger partial charge in [-0.2, -0.15) is 0 Å². The van der Waals surface area contributed by atoms with E-state index in [0.717, 1.165) is 63.2 Å². The Bertz CT molecular complexity index is 2390. The Morgan fingerprint density at radius 1 is 0.780 bits per heavy atom. The molecule has 59 heavy (non-hydrogen) atoms. The van der Waals surface area contributed by atoms with E-state index in [1.165, 1.54) is 14.2 Å². The Balaban J connectivity index is 1.10. The van der Waals surface area contributed by atoms with Crippen molar-refractivity contribution in [2.75, 3.05) is 26.9 Å². The molecule has 2 aromatic heterocycles. The average Bonchev–Trinajstić information content (AvgIpc) is 4.02. The number of benzene rings is 3. The zero-order chi connectivity index (χ0) is 42.3. The molecule has 2 aliphatic rings. The van der Waals surface area contributed by atoms with Crippen molar-refractivity contribution in [2.45, 2.75) is 83.8 Å². The Kier molecular flexibility index (Phi) is 11.8. The minimum absolute atomic E-state index is 0.118. The van der Waals surface area contributed by atoms with Gasteiger partial charge in [0.1, 0.15) is 34.6 Å². The number of amides is 4. The normalized spacial score (nSPS) is 18.8. The highest BCUT2D eigenvalue weighted by molar-refractivity contribution is 6.78. The minimum atomic E-state index is -1.81. The number of carbonyl (C=O) groups is 4. The maximum Gasteiger partial charge on any atom is 0.407 e. The summed E-state index contributed by atoms with van der Waals surface area (Å²) in [6, 6.07) is 17.3. The largest absolute Gasteiger partial charge is 0.453 e. The zero-order valence-electron chi connectivity index (χ0n) is 34.8. The van der Waals surface area contributed by atoms with Crippen molar-refractivity contribution in [3.63, 3.8) is 0 Å². The van der Waals surface area contributed by atoms with Gasteiger partial charge >= 0.3 is 12.2 Å². The molecule has 312 valence electrons. The lowest BCUT2D eigenvalue weighted by Crippen LogP contribution is -2.52. The summed E-state index contributed by atoms with van der Waals surface area (Å²) in [5.74, 6) is 0.797.